The van der Waals surface area contributed by atoms with Crippen LogP contribution < -0.4 is 16.0 Å². The van der Waals surface area contributed by atoms with Crippen molar-refractivity contribution < 1.29 is 9.59 Å². The van der Waals surface area contributed by atoms with E-state index in [0.717, 1.165) is 95.9 Å². The Morgan fingerprint density at radius 1 is 0.714 bits per heavy atom. The van der Waals surface area contributed by atoms with Gasteiger partial charge in [-0.3, -0.25) is 19.6 Å². The molecule has 2 aromatic heterocycles. The van der Waals surface area contributed by atoms with Crippen molar-refractivity contribution in [3.63, 3.8) is 0 Å². The lowest BCUT2D eigenvalue weighted by Gasteiger charge is -2.42. The lowest BCUT2D eigenvalue weighted by molar-refractivity contribution is -0.114. The van der Waals surface area contributed by atoms with Gasteiger partial charge < -0.3 is 25.8 Å². The van der Waals surface area contributed by atoms with Crippen molar-refractivity contribution in [2.45, 2.75) is 70.6 Å². The SMILES string of the molecule is CC(=O)Nc1ccccc1C(=O)N1CCC(N2CCC(c3c(CNCCc4ccccn4)cccc3CNCc3ccccn3)CC2)CC1. The van der Waals surface area contributed by atoms with E-state index in [1.54, 1.807) is 12.1 Å². The molecule has 0 spiro atoms. The number of anilines is 1. The molecule has 3 N–H and O–H groups in total. The molecule has 0 atom stereocenters. The Morgan fingerprint density at radius 2 is 1.37 bits per heavy atom. The number of rotatable bonds is 13. The van der Waals surface area contributed by atoms with Gasteiger partial charge >= 0.3 is 0 Å². The van der Waals surface area contributed by atoms with Gasteiger partial charge in [0.05, 0.1) is 16.9 Å². The minimum Gasteiger partial charge on any atom is -0.338 e. The zero-order chi connectivity index (χ0) is 33.8. The number of likely N-dealkylation sites (tertiary alicyclic amines) is 2. The first-order valence-electron chi connectivity index (χ1n) is 17.8. The normalized spacial score (nSPS) is 16.1. The number of amides is 2. The first-order chi connectivity index (χ1) is 24.0. The third-order valence-electron chi connectivity index (χ3n) is 9.91. The fourth-order valence-corrected chi connectivity index (χ4v) is 7.44. The number of para-hydroxylation sites is 1. The topological polar surface area (TPSA) is 102 Å². The van der Waals surface area contributed by atoms with Gasteiger partial charge in [-0.1, -0.05) is 42.5 Å². The van der Waals surface area contributed by atoms with Crippen LogP contribution in [0.25, 0.3) is 0 Å². The number of piperidine rings is 2. The minimum absolute atomic E-state index is 0.00376. The summed E-state index contributed by atoms with van der Waals surface area (Å²) in [5.41, 5.74) is 7.58. The van der Waals surface area contributed by atoms with Crippen molar-refractivity contribution in [2.24, 2.45) is 0 Å². The zero-order valence-electron chi connectivity index (χ0n) is 28.6. The third-order valence-corrected chi connectivity index (χ3v) is 9.91. The number of nitrogens with zero attached hydrogens (tertiary/aromatic N) is 4. The van der Waals surface area contributed by atoms with Crippen molar-refractivity contribution in [3.8, 4) is 0 Å². The minimum atomic E-state index is -0.172. The molecule has 2 aromatic carbocycles. The number of carbonyl (C=O) groups excluding carboxylic acids is 2. The average Bonchev–Trinajstić information content (AvgIpc) is 3.14. The van der Waals surface area contributed by atoms with Gasteiger partial charge in [0.25, 0.3) is 5.91 Å². The molecule has 0 saturated carbocycles. The standard InChI is InChI=1S/C40H49N7O2/c1-30(48)45-38-14-3-2-13-37(38)40(49)47-25-18-36(19-26-47)46-23-16-31(17-24-46)39-32(27-41-22-15-34-11-4-6-20-43-34)9-8-10-33(39)28-42-29-35-12-5-7-21-44-35/h2-14,20-21,31,36,41-42H,15-19,22-29H2,1H3,(H,45,48). The van der Waals surface area contributed by atoms with Crippen LogP contribution in [-0.2, 0) is 30.8 Å². The van der Waals surface area contributed by atoms with Gasteiger partial charge in [-0.05, 0) is 97.8 Å². The number of pyridine rings is 2. The molecular formula is C40H49N7O2. The molecule has 2 aliphatic rings. The highest BCUT2D eigenvalue weighted by Crippen LogP contribution is 2.35. The van der Waals surface area contributed by atoms with Crippen LogP contribution in [0, 0.1) is 0 Å². The summed E-state index contributed by atoms with van der Waals surface area (Å²) >= 11 is 0. The van der Waals surface area contributed by atoms with E-state index >= 15 is 0 Å². The van der Waals surface area contributed by atoms with Crippen molar-refractivity contribution in [3.05, 3.63) is 125 Å². The molecule has 0 bridgehead atoms. The Hall–Kier alpha value is -4.44. The van der Waals surface area contributed by atoms with Crippen molar-refractivity contribution in [2.75, 3.05) is 38.0 Å². The van der Waals surface area contributed by atoms with Crippen LogP contribution in [0.1, 0.15) is 77.0 Å². The number of nitrogens with one attached hydrogen (secondary N) is 3. The fourth-order valence-electron chi connectivity index (χ4n) is 7.44. The first-order valence-corrected chi connectivity index (χ1v) is 17.8. The van der Waals surface area contributed by atoms with Crippen LogP contribution in [-0.4, -0.2) is 70.3 Å². The smallest absolute Gasteiger partial charge is 0.255 e. The van der Waals surface area contributed by atoms with Crippen LogP contribution in [0.2, 0.25) is 0 Å². The predicted molar refractivity (Wildman–Crippen MR) is 194 cm³/mol. The second-order valence-electron chi connectivity index (χ2n) is 13.2. The molecule has 2 saturated heterocycles. The molecule has 9 heteroatoms. The Morgan fingerprint density at radius 3 is 2.04 bits per heavy atom. The maximum absolute atomic E-state index is 13.4. The molecule has 9 nitrogen and oxygen atoms in total. The maximum Gasteiger partial charge on any atom is 0.255 e. The predicted octanol–water partition coefficient (Wildman–Crippen LogP) is 5.54. The zero-order valence-corrected chi connectivity index (χ0v) is 28.6. The second-order valence-corrected chi connectivity index (χ2v) is 13.2. The van der Waals surface area contributed by atoms with E-state index in [2.05, 4.69) is 61.2 Å². The van der Waals surface area contributed by atoms with Gasteiger partial charge in [0.1, 0.15) is 0 Å². The Bertz CT molecular complexity index is 1650. The van der Waals surface area contributed by atoms with Crippen LogP contribution in [0.15, 0.2) is 91.3 Å². The molecule has 0 radical (unpaired) electrons. The van der Waals surface area contributed by atoms with E-state index in [0.29, 0.717) is 23.2 Å². The van der Waals surface area contributed by atoms with Crippen LogP contribution >= 0.6 is 0 Å². The van der Waals surface area contributed by atoms with Gasteiger partial charge in [0, 0.05) is 76.7 Å². The summed E-state index contributed by atoms with van der Waals surface area (Å²) in [5, 5.41) is 10.2. The van der Waals surface area contributed by atoms with E-state index in [4.69, 9.17) is 0 Å². The second kappa shape index (κ2) is 17.3. The lowest BCUT2D eigenvalue weighted by Crippen LogP contribution is -2.49. The van der Waals surface area contributed by atoms with Crippen molar-refractivity contribution >= 4 is 17.5 Å². The Balaban J connectivity index is 1.06. The summed E-state index contributed by atoms with van der Waals surface area (Å²) in [4.78, 5) is 38.7. The van der Waals surface area contributed by atoms with Crippen LogP contribution in [0.5, 0.6) is 0 Å². The molecule has 6 rings (SSSR count). The largest absolute Gasteiger partial charge is 0.338 e. The summed E-state index contributed by atoms with van der Waals surface area (Å²) in [6, 6.07) is 26.7. The summed E-state index contributed by atoms with van der Waals surface area (Å²) in [7, 11) is 0. The first kappa shape index (κ1) is 34.4. The van der Waals surface area contributed by atoms with E-state index in [-0.39, 0.29) is 11.8 Å². The Kier molecular flexibility index (Phi) is 12.1. The molecule has 0 unspecified atom stereocenters. The number of carbonyl (C=O) groups is 2. The van der Waals surface area contributed by atoms with Gasteiger partial charge in [-0.15, -0.1) is 0 Å². The fraction of sp³-hybridized carbons (Fsp3) is 0.400. The number of aromatic nitrogens is 2. The van der Waals surface area contributed by atoms with Gasteiger partial charge in [-0.2, -0.15) is 0 Å². The van der Waals surface area contributed by atoms with E-state index < -0.39 is 0 Å². The molecular weight excluding hydrogens is 610 g/mol. The molecule has 256 valence electrons. The van der Waals surface area contributed by atoms with Gasteiger partial charge in [-0.25, -0.2) is 0 Å². The maximum atomic E-state index is 13.4. The highest BCUT2D eigenvalue weighted by Gasteiger charge is 2.32. The number of hydrogen-bond acceptors (Lipinski definition) is 7. The highest BCUT2D eigenvalue weighted by atomic mass is 16.2. The highest BCUT2D eigenvalue weighted by molar-refractivity contribution is 6.03. The third kappa shape index (κ3) is 9.38. The molecule has 2 amide bonds. The Labute approximate surface area is 290 Å². The summed E-state index contributed by atoms with van der Waals surface area (Å²) in [6.45, 7) is 8.35. The van der Waals surface area contributed by atoms with Crippen molar-refractivity contribution in [1.82, 2.24) is 30.4 Å². The number of benzene rings is 2. The molecule has 49 heavy (non-hydrogen) atoms. The van der Waals surface area contributed by atoms with E-state index in [9.17, 15) is 9.59 Å². The molecule has 2 aliphatic heterocycles. The summed E-state index contributed by atoms with van der Waals surface area (Å²) in [5.74, 6) is 0.328. The van der Waals surface area contributed by atoms with Crippen LogP contribution in [0.4, 0.5) is 5.69 Å². The molecule has 0 aliphatic carbocycles. The summed E-state index contributed by atoms with van der Waals surface area (Å²) < 4.78 is 0. The molecule has 4 heterocycles. The quantitative estimate of drug-likeness (QED) is 0.162. The monoisotopic (exact) mass is 659 g/mol. The van der Waals surface area contributed by atoms with Gasteiger partial charge in [0.2, 0.25) is 5.91 Å². The molecule has 4 aromatic rings. The van der Waals surface area contributed by atoms with E-state index in [1.807, 2.05) is 53.7 Å². The van der Waals surface area contributed by atoms with Gasteiger partial charge in [0.15, 0.2) is 0 Å². The average molecular weight is 660 g/mol. The van der Waals surface area contributed by atoms with Crippen molar-refractivity contribution in [1.29, 1.82) is 0 Å². The lowest BCUT2D eigenvalue weighted by atomic mass is 9.82. The van der Waals surface area contributed by atoms with Crippen LogP contribution in [0.3, 0.4) is 0 Å². The summed E-state index contributed by atoms with van der Waals surface area (Å²) in [6.07, 6.45) is 8.81. The van der Waals surface area contributed by atoms with E-state index in [1.165, 1.54) is 23.6 Å². The number of hydrogen-bond donors (Lipinski definition) is 3. The molecule has 2 fully saturated rings.